The molecule has 0 fully saturated rings. The molecule has 2 rings (SSSR count). The number of benzene rings is 1. The second-order valence-electron chi connectivity index (χ2n) is 3.98. The SMILES string of the molecule is Cc1ccc(N)cc1S(=O)(=O)NCc1ccsc1. The first kappa shape index (κ1) is 13.1. The molecule has 1 aromatic heterocycles. The minimum absolute atomic E-state index is 0.234. The second-order valence-corrected chi connectivity index (χ2v) is 6.50. The average molecular weight is 282 g/mol. The Bertz CT molecular complexity index is 634. The van der Waals surface area contributed by atoms with Gasteiger partial charge in [-0.2, -0.15) is 11.3 Å². The number of hydrogen-bond donors (Lipinski definition) is 2. The van der Waals surface area contributed by atoms with Gasteiger partial charge in [-0.05, 0) is 47.0 Å². The molecule has 1 aromatic carbocycles. The fraction of sp³-hybridized carbons (Fsp3) is 0.167. The van der Waals surface area contributed by atoms with Crippen LogP contribution in [0.2, 0.25) is 0 Å². The van der Waals surface area contributed by atoms with E-state index in [0.29, 0.717) is 17.8 Å². The van der Waals surface area contributed by atoms with Gasteiger partial charge in [-0.15, -0.1) is 0 Å². The molecule has 4 nitrogen and oxygen atoms in total. The summed E-state index contributed by atoms with van der Waals surface area (Å²) in [5, 5.41) is 3.82. The molecule has 18 heavy (non-hydrogen) atoms. The summed E-state index contributed by atoms with van der Waals surface area (Å²) in [6.07, 6.45) is 0. The Balaban J connectivity index is 2.22. The van der Waals surface area contributed by atoms with Crippen LogP contribution in [-0.2, 0) is 16.6 Å². The van der Waals surface area contributed by atoms with Gasteiger partial charge in [-0.3, -0.25) is 0 Å². The van der Waals surface area contributed by atoms with Crippen LogP contribution in [0.3, 0.4) is 0 Å². The van der Waals surface area contributed by atoms with Crippen molar-refractivity contribution >= 4 is 27.0 Å². The van der Waals surface area contributed by atoms with Crippen LogP contribution in [-0.4, -0.2) is 8.42 Å². The lowest BCUT2D eigenvalue weighted by Crippen LogP contribution is -2.23. The molecule has 3 N–H and O–H groups in total. The zero-order valence-corrected chi connectivity index (χ0v) is 11.5. The van der Waals surface area contributed by atoms with Gasteiger partial charge in [0.2, 0.25) is 10.0 Å². The van der Waals surface area contributed by atoms with Gasteiger partial charge in [0.05, 0.1) is 4.90 Å². The molecule has 0 unspecified atom stereocenters. The number of nitrogens with one attached hydrogen (secondary N) is 1. The van der Waals surface area contributed by atoms with Crippen molar-refractivity contribution in [2.45, 2.75) is 18.4 Å². The Kier molecular flexibility index (Phi) is 3.70. The standard InChI is InChI=1S/C12H14N2O2S2/c1-9-2-3-11(13)6-12(9)18(15,16)14-7-10-4-5-17-8-10/h2-6,8,14H,7,13H2,1H3. The number of sulfonamides is 1. The number of thiophene rings is 1. The lowest BCUT2D eigenvalue weighted by molar-refractivity contribution is 0.581. The van der Waals surface area contributed by atoms with Crippen LogP contribution in [0.15, 0.2) is 39.9 Å². The minimum atomic E-state index is -3.51. The van der Waals surface area contributed by atoms with Crippen molar-refractivity contribution < 1.29 is 8.42 Å². The minimum Gasteiger partial charge on any atom is -0.399 e. The van der Waals surface area contributed by atoms with Crippen LogP contribution in [0.5, 0.6) is 0 Å². The molecule has 0 aliphatic rings. The van der Waals surface area contributed by atoms with Crippen molar-refractivity contribution in [2.24, 2.45) is 0 Å². The lowest BCUT2D eigenvalue weighted by Gasteiger charge is -2.09. The van der Waals surface area contributed by atoms with Gasteiger partial charge in [-0.25, -0.2) is 13.1 Å². The molecule has 0 saturated carbocycles. The molecule has 0 spiro atoms. The molecule has 0 aliphatic carbocycles. The Hall–Kier alpha value is -1.37. The van der Waals surface area contributed by atoms with Gasteiger partial charge in [-0.1, -0.05) is 6.07 Å². The predicted octanol–water partition coefficient (Wildman–Crippen LogP) is 2.12. The Morgan fingerprint density at radius 2 is 2.11 bits per heavy atom. The van der Waals surface area contributed by atoms with E-state index in [1.807, 2.05) is 16.8 Å². The van der Waals surface area contributed by atoms with E-state index >= 15 is 0 Å². The maximum Gasteiger partial charge on any atom is 0.241 e. The zero-order valence-electron chi connectivity index (χ0n) is 9.88. The fourth-order valence-corrected chi connectivity index (χ4v) is 3.52. The number of nitrogen functional groups attached to an aromatic ring is 1. The summed E-state index contributed by atoms with van der Waals surface area (Å²) in [5.41, 5.74) is 7.70. The fourth-order valence-electron chi connectivity index (χ4n) is 1.56. The topological polar surface area (TPSA) is 72.2 Å². The number of aryl methyl sites for hydroxylation is 1. The molecule has 2 aromatic rings. The van der Waals surface area contributed by atoms with E-state index in [9.17, 15) is 8.42 Å². The largest absolute Gasteiger partial charge is 0.399 e. The zero-order chi connectivity index (χ0) is 13.2. The van der Waals surface area contributed by atoms with E-state index in [1.54, 1.807) is 19.1 Å². The normalized spacial score (nSPS) is 11.6. The summed E-state index contributed by atoms with van der Waals surface area (Å²) >= 11 is 1.54. The molecule has 0 bridgehead atoms. The molecule has 96 valence electrons. The highest BCUT2D eigenvalue weighted by Gasteiger charge is 2.16. The summed E-state index contributed by atoms with van der Waals surface area (Å²) in [5.74, 6) is 0. The van der Waals surface area contributed by atoms with Gasteiger partial charge < -0.3 is 5.73 Å². The first-order valence-electron chi connectivity index (χ1n) is 5.36. The molecule has 0 aliphatic heterocycles. The summed E-state index contributed by atoms with van der Waals surface area (Å²) in [4.78, 5) is 0.234. The van der Waals surface area contributed by atoms with Gasteiger partial charge >= 0.3 is 0 Å². The maximum atomic E-state index is 12.1. The van der Waals surface area contributed by atoms with Crippen LogP contribution in [0.4, 0.5) is 5.69 Å². The lowest BCUT2D eigenvalue weighted by atomic mass is 10.2. The molecular formula is C12H14N2O2S2. The van der Waals surface area contributed by atoms with E-state index in [-0.39, 0.29) is 4.90 Å². The van der Waals surface area contributed by atoms with E-state index in [2.05, 4.69) is 4.72 Å². The molecule has 6 heteroatoms. The van der Waals surface area contributed by atoms with Crippen LogP contribution in [0.1, 0.15) is 11.1 Å². The third-order valence-corrected chi connectivity index (χ3v) is 4.82. The van der Waals surface area contributed by atoms with Crippen molar-refractivity contribution in [3.63, 3.8) is 0 Å². The number of hydrogen-bond acceptors (Lipinski definition) is 4. The van der Waals surface area contributed by atoms with Crippen LogP contribution >= 0.6 is 11.3 Å². The first-order valence-corrected chi connectivity index (χ1v) is 7.78. The summed E-state index contributed by atoms with van der Waals surface area (Å²) in [6, 6.07) is 6.76. The third kappa shape index (κ3) is 2.90. The molecule has 0 atom stereocenters. The van der Waals surface area contributed by atoms with Gasteiger partial charge in [0.1, 0.15) is 0 Å². The molecular weight excluding hydrogens is 268 g/mol. The molecule has 0 saturated heterocycles. The average Bonchev–Trinajstić information content (AvgIpc) is 2.83. The summed E-state index contributed by atoms with van der Waals surface area (Å²) in [7, 11) is -3.51. The van der Waals surface area contributed by atoms with Crippen molar-refractivity contribution in [2.75, 3.05) is 5.73 Å². The van der Waals surface area contributed by atoms with E-state index in [4.69, 9.17) is 5.73 Å². The quantitative estimate of drug-likeness (QED) is 0.844. The van der Waals surface area contributed by atoms with Crippen LogP contribution < -0.4 is 10.5 Å². The Morgan fingerprint density at radius 1 is 1.33 bits per heavy atom. The second kappa shape index (κ2) is 5.09. The van der Waals surface area contributed by atoms with E-state index in [0.717, 1.165) is 5.56 Å². The summed E-state index contributed by atoms with van der Waals surface area (Å²) in [6.45, 7) is 2.04. The predicted molar refractivity (Wildman–Crippen MR) is 73.9 cm³/mol. The van der Waals surface area contributed by atoms with Gasteiger partial charge in [0, 0.05) is 12.2 Å². The molecule has 0 amide bonds. The Labute approximate surface area is 111 Å². The Morgan fingerprint density at radius 3 is 2.78 bits per heavy atom. The smallest absolute Gasteiger partial charge is 0.241 e. The maximum absolute atomic E-state index is 12.1. The summed E-state index contributed by atoms with van der Waals surface area (Å²) < 4.78 is 26.8. The highest BCUT2D eigenvalue weighted by atomic mass is 32.2. The van der Waals surface area contributed by atoms with Crippen LogP contribution in [0, 0.1) is 6.92 Å². The molecule has 0 radical (unpaired) electrons. The van der Waals surface area contributed by atoms with Crippen LogP contribution in [0.25, 0.3) is 0 Å². The number of nitrogens with two attached hydrogens (primary N) is 1. The number of anilines is 1. The van der Waals surface area contributed by atoms with E-state index < -0.39 is 10.0 Å². The van der Waals surface area contributed by atoms with Crippen molar-refractivity contribution in [3.8, 4) is 0 Å². The van der Waals surface area contributed by atoms with Gasteiger partial charge in [0.25, 0.3) is 0 Å². The van der Waals surface area contributed by atoms with Crippen molar-refractivity contribution in [1.82, 2.24) is 4.72 Å². The number of rotatable bonds is 4. The van der Waals surface area contributed by atoms with Crippen molar-refractivity contribution in [3.05, 3.63) is 46.2 Å². The third-order valence-electron chi connectivity index (χ3n) is 2.55. The molecule has 1 heterocycles. The van der Waals surface area contributed by atoms with E-state index in [1.165, 1.54) is 17.4 Å². The highest BCUT2D eigenvalue weighted by molar-refractivity contribution is 7.89. The van der Waals surface area contributed by atoms with Gasteiger partial charge in [0.15, 0.2) is 0 Å². The first-order chi connectivity index (χ1) is 8.49. The highest BCUT2D eigenvalue weighted by Crippen LogP contribution is 2.18. The monoisotopic (exact) mass is 282 g/mol. The van der Waals surface area contributed by atoms with Crippen molar-refractivity contribution in [1.29, 1.82) is 0 Å².